The highest BCUT2D eigenvalue weighted by Crippen LogP contribution is 2.30. The normalized spacial score (nSPS) is 13.1. The van der Waals surface area contributed by atoms with Crippen LogP contribution in [0.1, 0.15) is 27.6 Å². The Morgan fingerprint density at radius 2 is 1.57 bits per heavy atom. The second-order valence-corrected chi connectivity index (χ2v) is 8.74. The predicted octanol–water partition coefficient (Wildman–Crippen LogP) is 4.28. The van der Waals surface area contributed by atoms with E-state index in [9.17, 15) is 19.7 Å². The minimum atomic E-state index is -0.599. The fourth-order valence-electron chi connectivity index (χ4n) is 4.12. The van der Waals surface area contributed by atoms with Crippen molar-refractivity contribution in [3.8, 4) is 11.1 Å². The van der Waals surface area contributed by atoms with Gasteiger partial charge in [-0.15, -0.1) is 0 Å². The van der Waals surface area contributed by atoms with Gasteiger partial charge in [-0.25, -0.2) is 4.79 Å². The maximum Gasteiger partial charge on any atom is 0.338 e. The molecular weight excluding hydrogens is 492 g/mol. The first kappa shape index (κ1) is 25.8. The standard InChI is InChI=1S/C27H26N4O5S/c1-2-36-26(33)22-12-13-23(24(18-22)31(34)35)29-14-16-30(17-15-29)27(37)28-25(32)21-10-8-20(9-11-21)19-6-4-3-5-7-19/h3-13,18H,2,14-17H2,1H3,(H,28,32,37). The molecule has 0 unspecified atom stereocenters. The summed E-state index contributed by atoms with van der Waals surface area (Å²) in [6.07, 6.45) is 0. The van der Waals surface area contributed by atoms with Crippen LogP contribution in [0.5, 0.6) is 0 Å². The van der Waals surface area contributed by atoms with Gasteiger partial charge >= 0.3 is 5.97 Å². The Morgan fingerprint density at radius 3 is 2.19 bits per heavy atom. The molecule has 37 heavy (non-hydrogen) atoms. The number of nitrogens with one attached hydrogen (secondary N) is 1. The third-order valence-electron chi connectivity index (χ3n) is 6.07. The summed E-state index contributed by atoms with van der Waals surface area (Å²) in [5.74, 6) is -0.894. The monoisotopic (exact) mass is 518 g/mol. The van der Waals surface area contributed by atoms with E-state index in [0.717, 1.165) is 11.1 Å². The van der Waals surface area contributed by atoms with Gasteiger partial charge in [-0.3, -0.25) is 20.2 Å². The number of nitrogens with zero attached hydrogens (tertiary/aromatic N) is 3. The quantitative estimate of drug-likeness (QED) is 0.223. The number of ether oxygens (including phenoxy) is 1. The lowest BCUT2D eigenvalue weighted by molar-refractivity contribution is -0.384. The number of carbonyl (C=O) groups is 2. The molecule has 1 saturated heterocycles. The fourth-order valence-corrected chi connectivity index (χ4v) is 4.40. The summed E-state index contributed by atoms with van der Waals surface area (Å²) < 4.78 is 4.95. The zero-order valence-electron chi connectivity index (χ0n) is 20.3. The Bertz CT molecular complexity index is 1310. The van der Waals surface area contributed by atoms with E-state index in [1.165, 1.54) is 12.1 Å². The summed E-state index contributed by atoms with van der Waals surface area (Å²) in [6, 6.07) is 21.5. The number of esters is 1. The number of amides is 1. The van der Waals surface area contributed by atoms with Crippen molar-refractivity contribution in [2.24, 2.45) is 0 Å². The summed E-state index contributed by atoms with van der Waals surface area (Å²) in [5, 5.41) is 14.8. The lowest BCUT2D eigenvalue weighted by Gasteiger charge is -2.37. The number of hydrogen-bond acceptors (Lipinski definition) is 7. The number of hydrogen-bond donors (Lipinski definition) is 1. The molecule has 1 N–H and O–H groups in total. The Kier molecular flexibility index (Phi) is 8.09. The van der Waals surface area contributed by atoms with E-state index < -0.39 is 10.9 Å². The van der Waals surface area contributed by atoms with Crippen molar-refractivity contribution in [2.45, 2.75) is 6.92 Å². The average molecular weight is 519 g/mol. The Hall–Kier alpha value is -4.31. The first-order valence-corrected chi connectivity index (χ1v) is 12.2. The highest BCUT2D eigenvalue weighted by atomic mass is 32.1. The number of rotatable bonds is 6. The van der Waals surface area contributed by atoms with E-state index >= 15 is 0 Å². The van der Waals surface area contributed by atoms with Gasteiger partial charge < -0.3 is 14.5 Å². The molecule has 1 aliphatic heterocycles. The Balaban J connectivity index is 1.36. The van der Waals surface area contributed by atoms with Crippen molar-refractivity contribution < 1.29 is 19.2 Å². The zero-order valence-corrected chi connectivity index (χ0v) is 21.1. The Morgan fingerprint density at radius 1 is 0.946 bits per heavy atom. The topological polar surface area (TPSA) is 105 Å². The molecule has 0 spiro atoms. The maximum absolute atomic E-state index is 12.7. The summed E-state index contributed by atoms with van der Waals surface area (Å²) in [6.45, 7) is 3.73. The molecule has 190 valence electrons. The van der Waals surface area contributed by atoms with Gasteiger partial charge in [0, 0.05) is 37.8 Å². The first-order valence-electron chi connectivity index (χ1n) is 11.8. The first-order chi connectivity index (χ1) is 17.9. The number of thiocarbonyl (C=S) groups is 1. The molecule has 4 rings (SSSR count). The molecule has 1 heterocycles. The van der Waals surface area contributed by atoms with Crippen molar-refractivity contribution >= 4 is 40.6 Å². The molecule has 3 aromatic rings. The van der Waals surface area contributed by atoms with E-state index in [1.54, 1.807) is 25.1 Å². The third kappa shape index (κ3) is 6.10. The molecule has 0 aliphatic carbocycles. The van der Waals surface area contributed by atoms with Crippen LogP contribution >= 0.6 is 12.2 Å². The molecule has 1 fully saturated rings. The molecule has 3 aromatic carbocycles. The van der Waals surface area contributed by atoms with E-state index in [-0.39, 0.29) is 23.8 Å². The minimum Gasteiger partial charge on any atom is -0.462 e. The molecule has 1 aliphatic rings. The number of piperazine rings is 1. The molecule has 0 saturated carbocycles. The molecule has 0 aromatic heterocycles. The van der Waals surface area contributed by atoms with E-state index in [0.29, 0.717) is 42.5 Å². The van der Waals surface area contributed by atoms with Gasteiger partial charge in [-0.1, -0.05) is 42.5 Å². The van der Waals surface area contributed by atoms with Crippen LogP contribution in [0.25, 0.3) is 11.1 Å². The van der Waals surface area contributed by atoms with Crippen molar-refractivity contribution in [3.05, 3.63) is 94.0 Å². The van der Waals surface area contributed by atoms with Gasteiger partial charge in [0.1, 0.15) is 5.69 Å². The van der Waals surface area contributed by atoms with Crippen LogP contribution in [-0.2, 0) is 4.74 Å². The van der Waals surface area contributed by atoms with Crippen molar-refractivity contribution in [1.29, 1.82) is 0 Å². The van der Waals surface area contributed by atoms with Crippen LogP contribution in [0.15, 0.2) is 72.8 Å². The molecule has 0 atom stereocenters. The molecule has 0 bridgehead atoms. The Labute approximate surface area is 219 Å². The highest BCUT2D eigenvalue weighted by molar-refractivity contribution is 7.80. The minimum absolute atomic E-state index is 0.136. The van der Waals surface area contributed by atoms with Gasteiger partial charge in [0.15, 0.2) is 5.11 Å². The fraction of sp³-hybridized carbons (Fsp3) is 0.222. The summed E-state index contributed by atoms with van der Waals surface area (Å²) >= 11 is 5.46. The zero-order chi connectivity index (χ0) is 26.4. The summed E-state index contributed by atoms with van der Waals surface area (Å²) in [7, 11) is 0. The number of anilines is 1. The van der Waals surface area contributed by atoms with Gasteiger partial charge in [0.05, 0.1) is 17.1 Å². The van der Waals surface area contributed by atoms with Crippen molar-refractivity contribution in [1.82, 2.24) is 10.2 Å². The second-order valence-electron chi connectivity index (χ2n) is 8.36. The predicted molar refractivity (Wildman–Crippen MR) is 145 cm³/mol. The SMILES string of the molecule is CCOC(=O)c1ccc(N2CCN(C(=S)NC(=O)c3ccc(-c4ccccc4)cc3)CC2)c([N+](=O)[O-])c1. The lowest BCUT2D eigenvalue weighted by Crippen LogP contribution is -2.52. The van der Waals surface area contributed by atoms with Gasteiger partial charge in [0.2, 0.25) is 0 Å². The average Bonchev–Trinajstić information content (AvgIpc) is 2.93. The largest absolute Gasteiger partial charge is 0.462 e. The van der Waals surface area contributed by atoms with Crippen LogP contribution in [0.3, 0.4) is 0 Å². The van der Waals surface area contributed by atoms with E-state index in [2.05, 4.69) is 5.32 Å². The van der Waals surface area contributed by atoms with Crippen LogP contribution < -0.4 is 10.2 Å². The third-order valence-corrected chi connectivity index (χ3v) is 6.43. The number of nitro groups is 1. The maximum atomic E-state index is 12.7. The van der Waals surface area contributed by atoms with Crippen LogP contribution in [0.2, 0.25) is 0 Å². The molecule has 10 heteroatoms. The molecule has 0 radical (unpaired) electrons. The smallest absolute Gasteiger partial charge is 0.338 e. The number of carbonyl (C=O) groups excluding carboxylic acids is 2. The number of benzene rings is 3. The second kappa shape index (κ2) is 11.6. The van der Waals surface area contributed by atoms with Gasteiger partial charge in [0.25, 0.3) is 11.6 Å². The van der Waals surface area contributed by atoms with E-state index in [1.807, 2.05) is 52.3 Å². The van der Waals surface area contributed by atoms with Crippen LogP contribution in [0.4, 0.5) is 11.4 Å². The van der Waals surface area contributed by atoms with Crippen LogP contribution in [-0.4, -0.2) is 59.6 Å². The highest BCUT2D eigenvalue weighted by Gasteiger charge is 2.26. The summed E-state index contributed by atoms with van der Waals surface area (Å²) in [4.78, 5) is 39.6. The van der Waals surface area contributed by atoms with Crippen molar-refractivity contribution in [3.63, 3.8) is 0 Å². The van der Waals surface area contributed by atoms with Crippen LogP contribution in [0, 0.1) is 10.1 Å². The molecular formula is C27H26N4O5S. The van der Waals surface area contributed by atoms with Gasteiger partial charge in [-0.2, -0.15) is 0 Å². The van der Waals surface area contributed by atoms with E-state index in [4.69, 9.17) is 17.0 Å². The molecule has 9 nitrogen and oxygen atoms in total. The summed E-state index contributed by atoms with van der Waals surface area (Å²) in [5.41, 5.74) is 2.98. The lowest BCUT2D eigenvalue weighted by atomic mass is 10.0. The van der Waals surface area contributed by atoms with Gasteiger partial charge in [-0.05, 0) is 54.5 Å². The number of nitro benzene ring substituents is 1. The molecule has 1 amide bonds. The van der Waals surface area contributed by atoms with Crippen molar-refractivity contribution in [2.75, 3.05) is 37.7 Å².